The highest BCUT2D eigenvalue weighted by Crippen LogP contribution is 2.35. The highest BCUT2D eigenvalue weighted by Gasteiger charge is 2.14. The Morgan fingerprint density at radius 1 is 1.28 bits per heavy atom. The zero-order valence-corrected chi connectivity index (χ0v) is 9.77. The molecule has 0 amide bonds. The Morgan fingerprint density at radius 3 is 2.83 bits per heavy atom. The second-order valence-corrected chi connectivity index (χ2v) is 4.80. The standard InChI is InChI=1S/C12H7NO4S/c14-7-1-2-10-6(3-7)4-11(18-10)9-5-8(12(15)16)13-17-9/h1-5,14H,(H,15,16). The van der Waals surface area contributed by atoms with E-state index in [1.165, 1.54) is 17.4 Å². The molecule has 90 valence electrons. The highest BCUT2D eigenvalue weighted by molar-refractivity contribution is 7.22. The number of benzene rings is 1. The van der Waals surface area contributed by atoms with Crippen LogP contribution in [0, 0.1) is 0 Å². The first-order valence-corrected chi connectivity index (χ1v) is 5.88. The predicted octanol–water partition coefficient (Wildman–Crippen LogP) is 2.96. The van der Waals surface area contributed by atoms with E-state index in [0.717, 1.165) is 15.0 Å². The molecule has 0 saturated heterocycles. The molecule has 1 aromatic carbocycles. The number of hydrogen-bond acceptors (Lipinski definition) is 5. The molecule has 2 heterocycles. The summed E-state index contributed by atoms with van der Waals surface area (Å²) in [5.41, 5.74) is -0.120. The van der Waals surface area contributed by atoms with Crippen LogP contribution in [0.25, 0.3) is 20.7 Å². The van der Waals surface area contributed by atoms with Gasteiger partial charge in [0.25, 0.3) is 0 Å². The summed E-state index contributed by atoms with van der Waals surface area (Å²) in [6.07, 6.45) is 0. The number of thiophene rings is 1. The smallest absolute Gasteiger partial charge is 0.358 e. The molecular formula is C12H7NO4S. The fourth-order valence-corrected chi connectivity index (χ4v) is 2.64. The minimum Gasteiger partial charge on any atom is -0.508 e. The van der Waals surface area contributed by atoms with Gasteiger partial charge in [-0.25, -0.2) is 4.79 Å². The Balaban J connectivity index is 2.10. The molecule has 0 saturated carbocycles. The number of aromatic carboxylic acids is 1. The van der Waals surface area contributed by atoms with Crippen LogP contribution >= 0.6 is 11.3 Å². The fourth-order valence-electron chi connectivity index (χ4n) is 1.64. The Bertz CT molecular complexity index is 743. The average molecular weight is 261 g/mol. The van der Waals surface area contributed by atoms with Crippen molar-refractivity contribution in [2.24, 2.45) is 0 Å². The number of phenolic OH excluding ortho intramolecular Hbond substituents is 1. The molecule has 2 N–H and O–H groups in total. The molecule has 5 nitrogen and oxygen atoms in total. The quantitative estimate of drug-likeness (QED) is 0.741. The van der Waals surface area contributed by atoms with E-state index in [9.17, 15) is 9.90 Å². The van der Waals surface area contributed by atoms with Gasteiger partial charge in [-0.15, -0.1) is 11.3 Å². The Kier molecular flexibility index (Phi) is 2.31. The summed E-state index contributed by atoms with van der Waals surface area (Å²) in [6.45, 7) is 0. The van der Waals surface area contributed by atoms with Gasteiger partial charge in [0, 0.05) is 10.8 Å². The fraction of sp³-hybridized carbons (Fsp3) is 0. The minimum atomic E-state index is -1.12. The molecule has 6 heteroatoms. The Labute approximate surface area is 105 Å². The molecule has 3 rings (SSSR count). The zero-order valence-electron chi connectivity index (χ0n) is 8.95. The molecule has 0 fully saturated rings. The number of fused-ring (bicyclic) bond motifs is 1. The van der Waals surface area contributed by atoms with E-state index in [1.54, 1.807) is 18.2 Å². The van der Waals surface area contributed by atoms with E-state index in [1.807, 2.05) is 6.07 Å². The van der Waals surface area contributed by atoms with Crippen LogP contribution in [0.2, 0.25) is 0 Å². The van der Waals surface area contributed by atoms with Crippen molar-refractivity contribution in [2.75, 3.05) is 0 Å². The van der Waals surface area contributed by atoms with E-state index in [-0.39, 0.29) is 11.4 Å². The summed E-state index contributed by atoms with van der Waals surface area (Å²) in [5.74, 6) is -0.521. The third kappa shape index (κ3) is 1.72. The van der Waals surface area contributed by atoms with Gasteiger partial charge in [-0.2, -0.15) is 0 Å². The number of aromatic hydroxyl groups is 1. The first-order chi connectivity index (χ1) is 8.63. The number of aromatic nitrogens is 1. The van der Waals surface area contributed by atoms with Gasteiger partial charge < -0.3 is 14.7 Å². The Hall–Kier alpha value is -2.34. The van der Waals surface area contributed by atoms with Gasteiger partial charge in [0.2, 0.25) is 0 Å². The molecule has 0 bridgehead atoms. The second kappa shape index (κ2) is 3.85. The van der Waals surface area contributed by atoms with Gasteiger partial charge >= 0.3 is 5.97 Å². The lowest BCUT2D eigenvalue weighted by molar-refractivity contribution is 0.0686. The third-order valence-electron chi connectivity index (χ3n) is 2.47. The summed E-state index contributed by atoms with van der Waals surface area (Å²) in [7, 11) is 0. The number of carboxylic acid groups (broad SMARTS) is 1. The SMILES string of the molecule is O=C(O)c1cc(-c2cc3cc(O)ccc3s2)on1. The molecule has 18 heavy (non-hydrogen) atoms. The van der Waals surface area contributed by atoms with E-state index in [0.29, 0.717) is 5.76 Å². The molecule has 0 aliphatic carbocycles. The van der Waals surface area contributed by atoms with Gasteiger partial charge in [-0.1, -0.05) is 5.16 Å². The van der Waals surface area contributed by atoms with Crippen molar-refractivity contribution in [3.63, 3.8) is 0 Å². The summed E-state index contributed by atoms with van der Waals surface area (Å²) in [5, 5.41) is 22.5. The van der Waals surface area contributed by atoms with Gasteiger partial charge in [0.1, 0.15) is 5.75 Å². The van der Waals surface area contributed by atoms with Crippen LogP contribution < -0.4 is 0 Å². The number of hydrogen-bond donors (Lipinski definition) is 2. The highest BCUT2D eigenvalue weighted by atomic mass is 32.1. The number of rotatable bonds is 2. The minimum absolute atomic E-state index is 0.120. The summed E-state index contributed by atoms with van der Waals surface area (Å²) < 4.78 is 5.97. The first-order valence-electron chi connectivity index (χ1n) is 5.06. The maximum atomic E-state index is 10.7. The number of phenols is 1. The van der Waals surface area contributed by atoms with Crippen molar-refractivity contribution in [3.8, 4) is 16.4 Å². The number of nitrogens with zero attached hydrogens (tertiary/aromatic N) is 1. The molecule has 2 aromatic heterocycles. The van der Waals surface area contributed by atoms with Crippen LogP contribution in [0.5, 0.6) is 5.75 Å². The first kappa shape index (κ1) is 10.8. The van der Waals surface area contributed by atoms with Crippen LogP contribution in [-0.4, -0.2) is 21.3 Å². The molecule has 0 aliphatic rings. The lowest BCUT2D eigenvalue weighted by atomic mass is 10.2. The maximum Gasteiger partial charge on any atom is 0.358 e. The lowest BCUT2D eigenvalue weighted by Gasteiger charge is -1.89. The topological polar surface area (TPSA) is 83.6 Å². The van der Waals surface area contributed by atoms with Crippen LogP contribution in [0.3, 0.4) is 0 Å². The van der Waals surface area contributed by atoms with Gasteiger partial charge in [0.15, 0.2) is 11.5 Å². The number of carbonyl (C=O) groups is 1. The van der Waals surface area contributed by atoms with Crippen LogP contribution in [-0.2, 0) is 0 Å². The molecule has 0 atom stereocenters. The largest absolute Gasteiger partial charge is 0.508 e. The normalized spacial score (nSPS) is 10.9. The van der Waals surface area contributed by atoms with Crippen LogP contribution in [0.15, 0.2) is 34.9 Å². The molecule has 0 spiro atoms. The van der Waals surface area contributed by atoms with Crippen LogP contribution in [0.1, 0.15) is 10.5 Å². The average Bonchev–Trinajstić information content (AvgIpc) is 2.93. The molecule has 0 unspecified atom stereocenters. The number of carboxylic acids is 1. The van der Waals surface area contributed by atoms with Gasteiger partial charge in [-0.05, 0) is 29.7 Å². The van der Waals surface area contributed by atoms with Crippen molar-refractivity contribution in [2.45, 2.75) is 0 Å². The lowest BCUT2D eigenvalue weighted by Crippen LogP contribution is -1.94. The van der Waals surface area contributed by atoms with E-state index in [2.05, 4.69) is 5.16 Å². The molecular weight excluding hydrogens is 254 g/mol. The predicted molar refractivity (Wildman–Crippen MR) is 65.9 cm³/mol. The van der Waals surface area contributed by atoms with E-state index < -0.39 is 5.97 Å². The van der Waals surface area contributed by atoms with Crippen molar-refractivity contribution >= 4 is 27.4 Å². The van der Waals surface area contributed by atoms with E-state index >= 15 is 0 Å². The van der Waals surface area contributed by atoms with Crippen molar-refractivity contribution in [1.29, 1.82) is 0 Å². The summed E-state index contributed by atoms with van der Waals surface area (Å²) >= 11 is 1.45. The van der Waals surface area contributed by atoms with Gasteiger partial charge in [-0.3, -0.25) is 0 Å². The summed E-state index contributed by atoms with van der Waals surface area (Å²) in [4.78, 5) is 11.5. The molecule has 0 radical (unpaired) electrons. The van der Waals surface area contributed by atoms with E-state index in [4.69, 9.17) is 9.63 Å². The third-order valence-corrected chi connectivity index (χ3v) is 3.60. The van der Waals surface area contributed by atoms with Gasteiger partial charge in [0.05, 0.1) is 4.88 Å². The monoisotopic (exact) mass is 261 g/mol. The van der Waals surface area contributed by atoms with Crippen LogP contribution in [0.4, 0.5) is 0 Å². The maximum absolute atomic E-state index is 10.7. The van der Waals surface area contributed by atoms with Crippen molar-refractivity contribution in [1.82, 2.24) is 5.16 Å². The zero-order chi connectivity index (χ0) is 12.7. The molecule has 3 aromatic rings. The Morgan fingerprint density at radius 2 is 2.11 bits per heavy atom. The van der Waals surface area contributed by atoms with Crippen molar-refractivity contribution < 1.29 is 19.5 Å². The second-order valence-electron chi connectivity index (χ2n) is 3.71. The molecule has 0 aliphatic heterocycles. The summed E-state index contributed by atoms with van der Waals surface area (Å²) in [6, 6.07) is 8.25. The van der Waals surface area contributed by atoms with Crippen molar-refractivity contribution in [3.05, 3.63) is 36.0 Å².